The Labute approximate surface area is 128 Å². The second-order valence-electron chi connectivity index (χ2n) is 6.47. The van der Waals surface area contributed by atoms with Crippen molar-refractivity contribution >= 4 is 0 Å². The van der Waals surface area contributed by atoms with Gasteiger partial charge in [-0.1, -0.05) is 18.2 Å². The van der Waals surface area contributed by atoms with Crippen molar-refractivity contribution in [2.45, 2.75) is 45.2 Å². The van der Waals surface area contributed by atoms with Crippen molar-refractivity contribution in [1.82, 2.24) is 10.2 Å². The zero-order chi connectivity index (χ0) is 14.5. The van der Waals surface area contributed by atoms with Crippen LogP contribution in [0, 0.1) is 5.92 Å². The number of hydrogen-bond donors (Lipinski definition) is 1. The van der Waals surface area contributed by atoms with Crippen molar-refractivity contribution in [1.29, 1.82) is 0 Å². The summed E-state index contributed by atoms with van der Waals surface area (Å²) in [7, 11) is 0. The average Bonchev–Trinajstić information content (AvgIpc) is 3.15. The zero-order valence-corrected chi connectivity index (χ0v) is 13.2. The maximum absolute atomic E-state index is 5.79. The third kappa shape index (κ3) is 4.45. The molecule has 0 radical (unpaired) electrons. The van der Waals surface area contributed by atoms with E-state index in [9.17, 15) is 0 Å². The largest absolute Gasteiger partial charge is 0.494 e. The molecule has 1 aromatic carbocycles. The van der Waals surface area contributed by atoms with Crippen LogP contribution >= 0.6 is 0 Å². The lowest BCUT2D eigenvalue weighted by atomic mass is 10.1. The Balaban J connectivity index is 1.64. The first-order valence-electron chi connectivity index (χ1n) is 8.51. The van der Waals surface area contributed by atoms with Gasteiger partial charge in [-0.15, -0.1) is 0 Å². The molecular weight excluding hydrogens is 260 g/mol. The van der Waals surface area contributed by atoms with E-state index in [1.807, 2.05) is 0 Å². The molecule has 1 saturated carbocycles. The normalized spacial score (nSPS) is 21.9. The number of para-hydroxylation sites is 1. The van der Waals surface area contributed by atoms with Gasteiger partial charge in [0.2, 0.25) is 0 Å². The van der Waals surface area contributed by atoms with Crippen LogP contribution in [0.25, 0.3) is 0 Å². The van der Waals surface area contributed by atoms with Crippen LogP contribution < -0.4 is 10.1 Å². The number of rotatable bonds is 8. The highest BCUT2D eigenvalue weighted by Crippen LogP contribution is 2.31. The monoisotopic (exact) mass is 288 g/mol. The predicted molar refractivity (Wildman–Crippen MR) is 86.6 cm³/mol. The Kier molecular flexibility index (Phi) is 5.15. The van der Waals surface area contributed by atoms with Crippen molar-refractivity contribution in [3.8, 4) is 5.75 Å². The molecule has 3 rings (SSSR count). The van der Waals surface area contributed by atoms with Gasteiger partial charge < -0.3 is 10.1 Å². The lowest BCUT2D eigenvalue weighted by Crippen LogP contribution is -2.38. The highest BCUT2D eigenvalue weighted by molar-refractivity contribution is 5.33. The number of nitrogens with one attached hydrogen (secondary N) is 1. The van der Waals surface area contributed by atoms with Crippen LogP contribution in [-0.2, 0) is 6.54 Å². The second-order valence-corrected chi connectivity index (χ2v) is 6.47. The maximum Gasteiger partial charge on any atom is 0.123 e. The Bertz CT molecular complexity index is 439. The van der Waals surface area contributed by atoms with Crippen LogP contribution in [-0.4, -0.2) is 37.2 Å². The summed E-state index contributed by atoms with van der Waals surface area (Å²) in [6.45, 7) is 7.43. The van der Waals surface area contributed by atoms with Gasteiger partial charge in [-0.25, -0.2) is 0 Å². The summed E-state index contributed by atoms with van der Waals surface area (Å²) in [5.41, 5.74) is 1.33. The van der Waals surface area contributed by atoms with Gasteiger partial charge in [-0.3, -0.25) is 4.90 Å². The van der Waals surface area contributed by atoms with Crippen molar-refractivity contribution in [2.24, 2.45) is 5.92 Å². The molecule has 1 atom stereocenters. The lowest BCUT2D eigenvalue weighted by Gasteiger charge is -2.26. The summed E-state index contributed by atoms with van der Waals surface area (Å²) in [5.74, 6) is 1.99. The molecule has 2 aliphatic rings. The van der Waals surface area contributed by atoms with E-state index in [0.29, 0.717) is 6.04 Å². The van der Waals surface area contributed by atoms with E-state index >= 15 is 0 Å². The van der Waals surface area contributed by atoms with Gasteiger partial charge in [0.15, 0.2) is 0 Å². The molecule has 1 aliphatic carbocycles. The van der Waals surface area contributed by atoms with E-state index in [0.717, 1.165) is 24.8 Å². The fourth-order valence-electron chi connectivity index (χ4n) is 3.27. The lowest BCUT2D eigenvalue weighted by molar-refractivity contribution is 0.227. The van der Waals surface area contributed by atoms with Crippen molar-refractivity contribution < 1.29 is 4.74 Å². The molecule has 1 N–H and O–H groups in total. The van der Waals surface area contributed by atoms with Gasteiger partial charge in [0.05, 0.1) is 6.61 Å². The summed E-state index contributed by atoms with van der Waals surface area (Å²) < 4.78 is 5.79. The molecule has 21 heavy (non-hydrogen) atoms. The molecule has 0 aromatic heterocycles. The first kappa shape index (κ1) is 14.9. The van der Waals surface area contributed by atoms with E-state index in [2.05, 4.69) is 41.4 Å². The topological polar surface area (TPSA) is 24.5 Å². The van der Waals surface area contributed by atoms with Gasteiger partial charge in [-0.2, -0.15) is 0 Å². The number of hydrogen-bond acceptors (Lipinski definition) is 3. The molecule has 0 bridgehead atoms. The Hall–Kier alpha value is -1.06. The first-order valence-corrected chi connectivity index (χ1v) is 8.51. The third-order valence-corrected chi connectivity index (χ3v) is 4.52. The molecule has 116 valence electrons. The number of ether oxygens (including phenoxy) is 1. The smallest absolute Gasteiger partial charge is 0.123 e. The molecule has 1 unspecified atom stereocenters. The summed E-state index contributed by atoms with van der Waals surface area (Å²) in [4.78, 5) is 2.64. The van der Waals surface area contributed by atoms with Gasteiger partial charge in [0.25, 0.3) is 0 Å². The average molecular weight is 288 g/mol. The molecule has 3 heteroatoms. The van der Waals surface area contributed by atoms with Crippen LogP contribution in [0.5, 0.6) is 5.75 Å². The SMILES string of the molecule is CCOc1ccccc1CN(CC1CC1)CC1CCCN1. The standard InChI is InChI=1S/C18H28N2O/c1-2-21-18-8-4-3-6-16(18)13-20(12-15-9-10-15)14-17-7-5-11-19-17/h3-4,6,8,15,17,19H,2,5,7,9-14H2,1H3. The highest BCUT2D eigenvalue weighted by Gasteiger charge is 2.26. The number of benzene rings is 1. The van der Waals surface area contributed by atoms with E-state index in [1.54, 1.807) is 0 Å². The second kappa shape index (κ2) is 7.28. The van der Waals surface area contributed by atoms with Crippen LogP contribution in [0.2, 0.25) is 0 Å². The number of nitrogens with zero attached hydrogens (tertiary/aromatic N) is 1. The quantitative estimate of drug-likeness (QED) is 0.795. The molecule has 0 spiro atoms. The summed E-state index contributed by atoms with van der Waals surface area (Å²) in [6, 6.07) is 9.19. The first-order chi connectivity index (χ1) is 10.3. The molecule has 1 saturated heterocycles. The Morgan fingerprint density at radius 2 is 2.05 bits per heavy atom. The molecular formula is C18H28N2O. The van der Waals surface area contributed by atoms with Crippen LogP contribution in [0.4, 0.5) is 0 Å². The Morgan fingerprint density at radius 1 is 1.19 bits per heavy atom. The molecule has 3 nitrogen and oxygen atoms in total. The fourth-order valence-corrected chi connectivity index (χ4v) is 3.27. The molecule has 1 heterocycles. The third-order valence-electron chi connectivity index (χ3n) is 4.52. The van der Waals surface area contributed by atoms with Crippen LogP contribution in [0.1, 0.15) is 38.2 Å². The van der Waals surface area contributed by atoms with Crippen LogP contribution in [0.3, 0.4) is 0 Å². The predicted octanol–water partition coefficient (Wildman–Crippen LogP) is 3.05. The summed E-state index contributed by atoms with van der Waals surface area (Å²) in [5, 5.41) is 3.63. The van der Waals surface area contributed by atoms with E-state index in [4.69, 9.17) is 4.74 Å². The summed E-state index contributed by atoms with van der Waals surface area (Å²) >= 11 is 0. The van der Waals surface area contributed by atoms with Crippen molar-refractivity contribution in [3.05, 3.63) is 29.8 Å². The van der Waals surface area contributed by atoms with Crippen LogP contribution in [0.15, 0.2) is 24.3 Å². The van der Waals surface area contributed by atoms with E-state index in [1.165, 1.54) is 50.9 Å². The summed E-state index contributed by atoms with van der Waals surface area (Å²) in [6.07, 6.45) is 5.50. The van der Waals surface area contributed by atoms with E-state index in [-0.39, 0.29) is 0 Å². The molecule has 2 fully saturated rings. The minimum Gasteiger partial charge on any atom is -0.494 e. The van der Waals surface area contributed by atoms with Crippen molar-refractivity contribution in [3.63, 3.8) is 0 Å². The maximum atomic E-state index is 5.79. The van der Waals surface area contributed by atoms with Crippen molar-refractivity contribution in [2.75, 3.05) is 26.2 Å². The zero-order valence-electron chi connectivity index (χ0n) is 13.2. The molecule has 1 aliphatic heterocycles. The van der Waals surface area contributed by atoms with E-state index < -0.39 is 0 Å². The molecule has 1 aromatic rings. The van der Waals surface area contributed by atoms with Gasteiger partial charge in [-0.05, 0) is 51.1 Å². The minimum atomic E-state index is 0.683. The Morgan fingerprint density at radius 3 is 2.76 bits per heavy atom. The van der Waals surface area contributed by atoms with Gasteiger partial charge in [0, 0.05) is 31.2 Å². The minimum absolute atomic E-state index is 0.683. The van der Waals surface area contributed by atoms with Gasteiger partial charge in [0.1, 0.15) is 5.75 Å². The fraction of sp³-hybridized carbons (Fsp3) is 0.667. The highest BCUT2D eigenvalue weighted by atomic mass is 16.5. The molecule has 0 amide bonds. The van der Waals surface area contributed by atoms with Gasteiger partial charge >= 0.3 is 0 Å².